The molecule has 2 heterocycles. The number of ether oxygens (including phenoxy) is 1. The number of fused-ring (bicyclic) bond motifs is 1. The fraction of sp³-hybridized carbons (Fsp3) is 0.474. The molecule has 3 rings (SSSR count). The quantitative estimate of drug-likeness (QED) is 0.913. The van der Waals surface area contributed by atoms with E-state index < -0.39 is 0 Å². The number of hydrogen-bond acceptors (Lipinski definition) is 4. The van der Waals surface area contributed by atoms with Gasteiger partial charge in [0.1, 0.15) is 0 Å². The maximum atomic E-state index is 11.6. The smallest absolute Gasteiger partial charge is 0.224 e. The lowest BCUT2D eigenvalue weighted by molar-refractivity contribution is -0.115. The standard InChI is InChI=1S/C19H25N3O2/c1-4-19(23)21-14-6-7-16-17(11-14)20-13(3)10-18(16)22-9-8-15(12-22)24-5-2/h6-7,10-11,15H,4-5,8-9,12H2,1-3H3,(H,21,23). The molecule has 1 unspecified atom stereocenters. The van der Waals surface area contributed by atoms with E-state index >= 15 is 0 Å². The van der Waals surface area contributed by atoms with Gasteiger partial charge in [-0.1, -0.05) is 6.92 Å². The van der Waals surface area contributed by atoms with Gasteiger partial charge in [-0.3, -0.25) is 9.78 Å². The van der Waals surface area contributed by atoms with Gasteiger partial charge in [0.2, 0.25) is 5.91 Å². The van der Waals surface area contributed by atoms with Crippen molar-refractivity contribution in [2.75, 3.05) is 29.9 Å². The molecule has 1 atom stereocenters. The second kappa shape index (κ2) is 7.18. The minimum absolute atomic E-state index is 0.0151. The zero-order valence-electron chi connectivity index (χ0n) is 14.6. The first-order valence-electron chi connectivity index (χ1n) is 8.68. The molecule has 1 amide bonds. The van der Waals surface area contributed by atoms with Crippen molar-refractivity contribution in [2.45, 2.75) is 39.7 Å². The van der Waals surface area contributed by atoms with Crippen molar-refractivity contribution >= 4 is 28.2 Å². The van der Waals surface area contributed by atoms with Gasteiger partial charge in [0.15, 0.2) is 0 Å². The zero-order chi connectivity index (χ0) is 17.1. The molecule has 5 nitrogen and oxygen atoms in total. The largest absolute Gasteiger partial charge is 0.377 e. The van der Waals surface area contributed by atoms with E-state index in [9.17, 15) is 4.79 Å². The molecule has 2 aromatic rings. The normalized spacial score (nSPS) is 17.5. The lowest BCUT2D eigenvalue weighted by Gasteiger charge is -2.21. The van der Waals surface area contributed by atoms with Crippen LogP contribution in [-0.4, -0.2) is 36.7 Å². The Bertz CT molecular complexity index is 745. The van der Waals surface area contributed by atoms with Gasteiger partial charge < -0.3 is 15.0 Å². The third-order valence-electron chi connectivity index (χ3n) is 4.41. The van der Waals surface area contributed by atoms with Gasteiger partial charge in [0.25, 0.3) is 0 Å². The summed E-state index contributed by atoms with van der Waals surface area (Å²) in [6.07, 6.45) is 1.83. The van der Waals surface area contributed by atoms with Gasteiger partial charge in [0.05, 0.1) is 11.6 Å². The summed E-state index contributed by atoms with van der Waals surface area (Å²) in [5.74, 6) is 0.0151. The Hall–Kier alpha value is -2.14. The van der Waals surface area contributed by atoms with Gasteiger partial charge in [0, 0.05) is 48.6 Å². The van der Waals surface area contributed by atoms with Crippen molar-refractivity contribution in [3.63, 3.8) is 0 Å². The SMILES string of the molecule is CCOC1CCN(c2cc(C)nc3cc(NC(=O)CC)ccc23)C1. The molecule has 0 aliphatic carbocycles. The van der Waals surface area contributed by atoms with Crippen LogP contribution in [0.4, 0.5) is 11.4 Å². The van der Waals surface area contributed by atoms with Gasteiger partial charge in [-0.25, -0.2) is 0 Å². The van der Waals surface area contributed by atoms with Crippen molar-refractivity contribution in [3.8, 4) is 0 Å². The van der Waals surface area contributed by atoms with E-state index in [-0.39, 0.29) is 5.91 Å². The Labute approximate surface area is 143 Å². The van der Waals surface area contributed by atoms with Crippen molar-refractivity contribution < 1.29 is 9.53 Å². The van der Waals surface area contributed by atoms with E-state index in [1.54, 1.807) is 0 Å². The van der Waals surface area contributed by atoms with Crippen LogP contribution in [0.5, 0.6) is 0 Å². The second-order valence-electron chi connectivity index (χ2n) is 6.23. The fourth-order valence-corrected chi connectivity index (χ4v) is 3.25. The minimum Gasteiger partial charge on any atom is -0.377 e. The van der Waals surface area contributed by atoms with Crippen LogP contribution >= 0.6 is 0 Å². The van der Waals surface area contributed by atoms with E-state index in [0.717, 1.165) is 48.4 Å². The maximum absolute atomic E-state index is 11.6. The molecule has 1 N–H and O–H groups in total. The van der Waals surface area contributed by atoms with Crippen LogP contribution in [-0.2, 0) is 9.53 Å². The first kappa shape index (κ1) is 16.7. The van der Waals surface area contributed by atoms with Gasteiger partial charge >= 0.3 is 0 Å². The Morgan fingerprint density at radius 2 is 2.21 bits per heavy atom. The molecule has 1 aromatic carbocycles. The number of nitrogens with zero attached hydrogens (tertiary/aromatic N) is 2. The second-order valence-corrected chi connectivity index (χ2v) is 6.23. The third kappa shape index (κ3) is 3.51. The predicted molar refractivity (Wildman–Crippen MR) is 97.6 cm³/mol. The number of benzene rings is 1. The van der Waals surface area contributed by atoms with Crippen molar-refractivity contribution in [1.82, 2.24) is 4.98 Å². The van der Waals surface area contributed by atoms with Crippen molar-refractivity contribution in [2.24, 2.45) is 0 Å². The molecule has 0 saturated carbocycles. The monoisotopic (exact) mass is 327 g/mol. The molecule has 0 spiro atoms. The topological polar surface area (TPSA) is 54.5 Å². The average molecular weight is 327 g/mol. The van der Waals surface area contributed by atoms with Crippen LogP contribution in [0.25, 0.3) is 10.9 Å². The Balaban J connectivity index is 1.92. The van der Waals surface area contributed by atoms with Crippen LogP contribution in [0.1, 0.15) is 32.4 Å². The van der Waals surface area contributed by atoms with Gasteiger partial charge in [-0.15, -0.1) is 0 Å². The summed E-state index contributed by atoms with van der Waals surface area (Å²) in [4.78, 5) is 18.6. The molecule has 1 fully saturated rings. The highest BCUT2D eigenvalue weighted by molar-refractivity contribution is 5.97. The van der Waals surface area contributed by atoms with E-state index in [0.29, 0.717) is 12.5 Å². The van der Waals surface area contributed by atoms with Gasteiger partial charge in [-0.2, -0.15) is 0 Å². The third-order valence-corrected chi connectivity index (χ3v) is 4.41. The summed E-state index contributed by atoms with van der Waals surface area (Å²) in [6, 6.07) is 8.10. The maximum Gasteiger partial charge on any atom is 0.224 e. The molecule has 0 radical (unpaired) electrons. The molecule has 128 valence electrons. The van der Waals surface area contributed by atoms with E-state index in [1.807, 2.05) is 32.9 Å². The van der Waals surface area contributed by atoms with E-state index in [1.165, 1.54) is 5.69 Å². The molecular formula is C19H25N3O2. The lowest BCUT2D eigenvalue weighted by Crippen LogP contribution is -2.23. The Morgan fingerprint density at radius 3 is 2.96 bits per heavy atom. The van der Waals surface area contributed by atoms with E-state index in [2.05, 4.69) is 27.3 Å². The minimum atomic E-state index is 0.0151. The van der Waals surface area contributed by atoms with Crippen LogP contribution in [0.3, 0.4) is 0 Å². The summed E-state index contributed by atoms with van der Waals surface area (Å²) in [5.41, 5.74) is 3.90. The van der Waals surface area contributed by atoms with Crippen LogP contribution in [0.2, 0.25) is 0 Å². The average Bonchev–Trinajstić information content (AvgIpc) is 3.02. The molecule has 1 aromatic heterocycles. The predicted octanol–water partition coefficient (Wildman–Crippen LogP) is 3.51. The number of hydrogen-bond donors (Lipinski definition) is 1. The molecular weight excluding hydrogens is 302 g/mol. The summed E-state index contributed by atoms with van der Waals surface area (Å²) in [6.45, 7) is 8.57. The number of aryl methyl sites for hydroxylation is 1. The first-order chi connectivity index (χ1) is 11.6. The number of nitrogens with one attached hydrogen (secondary N) is 1. The Kier molecular flexibility index (Phi) is 5.00. The molecule has 24 heavy (non-hydrogen) atoms. The number of anilines is 2. The molecule has 1 aliphatic heterocycles. The molecule has 5 heteroatoms. The van der Waals surface area contributed by atoms with Crippen LogP contribution in [0, 0.1) is 6.92 Å². The first-order valence-corrected chi connectivity index (χ1v) is 8.68. The highest BCUT2D eigenvalue weighted by Gasteiger charge is 2.24. The molecule has 1 aliphatic rings. The number of carbonyl (C=O) groups excluding carboxylic acids is 1. The number of carbonyl (C=O) groups is 1. The zero-order valence-corrected chi connectivity index (χ0v) is 14.6. The van der Waals surface area contributed by atoms with E-state index in [4.69, 9.17) is 4.74 Å². The van der Waals surface area contributed by atoms with Crippen molar-refractivity contribution in [1.29, 1.82) is 0 Å². The fourth-order valence-electron chi connectivity index (χ4n) is 3.25. The van der Waals surface area contributed by atoms with Gasteiger partial charge in [-0.05, 0) is 44.5 Å². The van der Waals surface area contributed by atoms with Crippen LogP contribution in [0.15, 0.2) is 24.3 Å². The molecule has 1 saturated heterocycles. The van der Waals surface area contributed by atoms with Crippen LogP contribution < -0.4 is 10.2 Å². The number of amides is 1. The summed E-state index contributed by atoms with van der Waals surface area (Å²) >= 11 is 0. The number of rotatable bonds is 5. The summed E-state index contributed by atoms with van der Waals surface area (Å²) in [5, 5.41) is 4.02. The highest BCUT2D eigenvalue weighted by atomic mass is 16.5. The van der Waals surface area contributed by atoms with Crippen molar-refractivity contribution in [3.05, 3.63) is 30.0 Å². The summed E-state index contributed by atoms with van der Waals surface area (Å²) < 4.78 is 5.77. The molecule has 0 bridgehead atoms. The lowest BCUT2D eigenvalue weighted by atomic mass is 10.1. The number of pyridine rings is 1. The number of aromatic nitrogens is 1. The Morgan fingerprint density at radius 1 is 1.38 bits per heavy atom. The summed E-state index contributed by atoms with van der Waals surface area (Å²) in [7, 11) is 0. The highest BCUT2D eigenvalue weighted by Crippen LogP contribution is 2.31.